The second-order valence-corrected chi connectivity index (χ2v) is 10.2. The summed E-state index contributed by atoms with van der Waals surface area (Å²) in [5.74, 6) is 1.19. The molecule has 2 unspecified atom stereocenters. The van der Waals surface area contributed by atoms with E-state index in [1.54, 1.807) is 16.4 Å². The molecule has 0 radical (unpaired) electrons. The van der Waals surface area contributed by atoms with E-state index in [0.29, 0.717) is 30.9 Å². The van der Waals surface area contributed by atoms with Crippen LogP contribution in [0.2, 0.25) is 0 Å². The first kappa shape index (κ1) is 21.9. The maximum absolute atomic E-state index is 12.9. The van der Waals surface area contributed by atoms with Gasteiger partial charge in [0.25, 0.3) is 0 Å². The van der Waals surface area contributed by atoms with Gasteiger partial charge >= 0.3 is 0 Å². The minimum Gasteiger partial charge on any atom is -0.381 e. The third kappa shape index (κ3) is 5.12. The van der Waals surface area contributed by atoms with Gasteiger partial charge in [-0.1, -0.05) is 0 Å². The number of nitrogens with zero attached hydrogens (tertiary/aromatic N) is 4. The molecule has 3 fully saturated rings. The van der Waals surface area contributed by atoms with Crippen LogP contribution in [-0.4, -0.2) is 113 Å². The van der Waals surface area contributed by atoms with E-state index < -0.39 is 10.0 Å². The summed E-state index contributed by atoms with van der Waals surface area (Å²) in [6.45, 7) is 8.29. The van der Waals surface area contributed by atoms with E-state index in [1.807, 2.05) is 7.05 Å². The lowest BCUT2D eigenvalue weighted by Gasteiger charge is -2.37. The van der Waals surface area contributed by atoms with E-state index in [4.69, 9.17) is 9.47 Å². The number of rotatable bonds is 7. The quantitative estimate of drug-likeness (QED) is 0.643. The molecule has 30 heavy (non-hydrogen) atoms. The molecule has 0 aliphatic carbocycles. The van der Waals surface area contributed by atoms with Gasteiger partial charge in [0, 0.05) is 70.6 Å². The fourth-order valence-corrected chi connectivity index (χ4v) is 5.75. The lowest BCUT2D eigenvalue weighted by Crippen LogP contribution is -2.50. The van der Waals surface area contributed by atoms with Gasteiger partial charge in [-0.05, 0) is 25.6 Å². The lowest BCUT2D eigenvalue weighted by atomic mass is 9.97. The monoisotopic (exact) mass is 439 g/mol. The van der Waals surface area contributed by atoms with E-state index in [0.717, 1.165) is 65.6 Å². The van der Waals surface area contributed by atoms with Crippen LogP contribution in [-0.2, 0) is 19.5 Å². The summed E-state index contributed by atoms with van der Waals surface area (Å²) in [7, 11) is -1.48. The van der Waals surface area contributed by atoms with Crippen LogP contribution in [0.25, 0.3) is 0 Å². The van der Waals surface area contributed by atoms with Gasteiger partial charge in [0.15, 0.2) is 0 Å². The minimum atomic E-state index is -3.49. The van der Waals surface area contributed by atoms with Crippen LogP contribution in [0.5, 0.6) is 0 Å². The second-order valence-electron chi connectivity index (χ2n) is 8.31. The Morgan fingerprint density at radius 1 is 1.10 bits per heavy atom. The van der Waals surface area contributed by atoms with Crippen LogP contribution in [0.1, 0.15) is 6.42 Å². The number of aromatic nitrogens is 1. The number of piperazine rings is 1. The third-order valence-corrected chi connectivity index (χ3v) is 8.23. The Morgan fingerprint density at radius 2 is 1.87 bits per heavy atom. The number of nitrogens with one attached hydrogen (secondary N) is 1. The summed E-state index contributed by atoms with van der Waals surface area (Å²) in [6, 6.07) is 3.78. The van der Waals surface area contributed by atoms with Crippen molar-refractivity contribution in [2.75, 3.05) is 84.6 Å². The predicted molar refractivity (Wildman–Crippen MR) is 114 cm³/mol. The first-order valence-electron chi connectivity index (χ1n) is 10.8. The molecule has 2 atom stereocenters. The van der Waals surface area contributed by atoms with Gasteiger partial charge in [0.05, 0.1) is 19.8 Å². The van der Waals surface area contributed by atoms with Gasteiger partial charge < -0.3 is 19.7 Å². The van der Waals surface area contributed by atoms with E-state index in [-0.39, 0.29) is 4.90 Å². The van der Waals surface area contributed by atoms with Crippen LogP contribution < -0.4 is 5.32 Å². The average Bonchev–Trinajstić information content (AvgIpc) is 3.30. The van der Waals surface area contributed by atoms with Gasteiger partial charge in [-0.2, -0.15) is 4.31 Å². The highest BCUT2D eigenvalue weighted by Gasteiger charge is 2.32. The van der Waals surface area contributed by atoms with Crippen LogP contribution >= 0.6 is 0 Å². The van der Waals surface area contributed by atoms with E-state index >= 15 is 0 Å². The summed E-state index contributed by atoms with van der Waals surface area (Å²) in [4.78, 5) is 9.26. The Hall–Kier alpha value is -1.30. The van der Waals surface area contributed by atoms with E-state index in [2.05, 4.69) is 20.1 Å². The number of ether oxygens (including phenoxy) is 2. The molecule has 3 saturated heterocycles. The molecule has 4 rings (SSSR count). The highest BCUT2D eigenvalue weighted by molar-refractivity contribution is 7.89. The largest absolute Gasteiger partial charge is 0.381 e. The Labute approximate surface area is 179 Å². The number of hydrogen-bond acceptors (Lipinski definition) is 8. The maximum atomic E-state index is 12.9. The smallest absolute Gasteiger partial charge is 0.244 e. The summed E-state index contributed by atoms with van der Waals surface area (Å²) >= 11 is 0. The predicted octanol–water partition coefficient (Wildman–Crippen LogP) is 0.167. The number of morpholine rings is 1. The number of sulfonamides is 1. The molecule has 0 saturated carbocycles. The van der Waals surface area contributed by atoms with Crippen LogP contribution in [0.4, 0.5) is 5.82 Å². The highest BCUT2D eigenvalue weighted by atomic mass is 32.2. The van der Waals surface area contributed by atoms with Crippen molar-refractivity contribution < 1.29 is 17.9 Å². The molecular weight excluding hydrogens is 406 g/mol. The summed E-state index contributed by atoms with van der Waals surface area (Å²) in [5.41, 5.74) is 0. The molecule has 3 aliphatic heterocycles. The standard InChI is InChI=1S/C20H33N5O4S/c1-23-5-7-25(8-6-23)30(26,27)18-2-3-20(21-14-18)22-15-19(17-4-11-29-16-17)24-9-12-28-13-10-24/h2-3,14,17,19H,4-13,15-16H2,1H3,(H,21,22). The first-order valence-corrected chi connectivity index (χ1v) is 12.3. The van der Waals surface area contributed by atoms with Gasteiger partial charge in [-0.3, -0.25) is 4.90 Å². The zero-order valence-electron chi connectivity index (χ0n) is 17.7. The molecule has 168 valence electrons. The van der Waals surface area contributed by atoms with E-state index in [9.17, 15) is 8.42 Å². The fraction of sp³-hybridized carbons (Fsp3) is 0.750. The van der Waals surface area contributed by atoms with Crippen molar-refractivity contribution in [1.82, 2.24) is 19.1 Å². The van der Waals surface area contributed by atoms with Crippen molar-refractivity contribution in [3.63, 3.8) is 0 Å². The van der Waals surface area contributed by atoms with Gasteiger partial charge in [-0.25, -0.2) is 13.4 Å². The number of hydrogen-bond donors (Lipinski definition) is 1. The Morgan fingerprint density at radius 3 is 2.50 bits per heavy atom. The molecular formula is C20H33N5O4S. The zero-order chi connectivity index (χ0) is 21.0. The fourth-order valence-electron chi connectivity index (χ4n) is 4.38. The molecule has 1 aromatic rings. The average molecular weight is 440 g/mol. The first-order chi connectivity index (χ1) is 14.5. The maximum Gasteiger partial charge on any atom is 0.244 e. The van der Waals surface area contributed by atoms with Gasteiger partial charge in [-0.15, -0.1) is 0 Å². The third-order valence-electron chi connectivity index (χ3n) is 6.35. The lowest BCUT2D eigenvalue weighted by molar-refractivity contribution is 0.00460. The summed E-state index contributed by atoms with van der Waals surface area (Å²) in [5, 5.41) is 3.42. The van der Waals surface area contributed by atoms with E-state index in [1.165, 1.54) is 6.20 Å². The molecule has 3 aliphatic rings. The van der Waals surface area contributed by atoms with Crippen LogP contribution in [0.15, 0.2) is 23.2 Å². The van der Waals surface area contributed by atoms with Gasteiger partial charge in [0.2, 0.25) is 10.0 Å². The van der Waals surface area contributed by atoms with Crippen molar-refractivity contribution in [3.8, 4) is 0 Å². The zero-order valence-corrected chi connectivity index (χ0v) is 18.5. The van der Waals surface area contributed by atoms with Crippen molar-refractivity contribution >= 4 is 15.8 Å². The topological polar surface area (TPSA) is 87.2 Å². The molecule has 0 aromatic carbocycles. The summed E-state index contributed by atoms with van der Waals surface area (Å²) < 4.78 is 38.4. The van der Waals surface area contributed by atoms with Crippen molar-refractivity contribution in [2.24, 2.45) is 5.92 Å². The molecule has 0 spiro atoms. The molecule has 9 nitrogen and oxygen atoms in total. The summed E-state index contributed by atoms with van der Waals surface area (Å²) in [6.07, 6.45) is 2.54. The Balaban J connectivity index is 1.38. The van der Waals surface area contributed by atoms with Crippen LogP contribution in [0.3, 0.4) is 0 Å². The number of pyridine rings is 1. The molecule has 4 heterocycles. The Kier molecular flexibility index (Phi) is 7.22. The molecule has 1 N–H and O–H groups in total. The Bertz CT molecular complexity index is 771. The van der Waals surface area contributed by atoms with Crippen molar-refractivity contribution in [3.05, 3.63) is 18.3 Å². The number of anilines is 1. The van der Waals surface area contributed by atoms with Crippen LogP contribution in [0, 0.1) is 5.92 Å². The SMILES string of the molecule is CN1CCN(S(=O)(=O)c2ccc(NCC(C3CCOC3)N3CCOCC3)nc2)CC1. The molecule has 1 aromatic heterocycles. The molecule has 10 heteroatoms. The van der Waals surface area contributed by atoms with Crippen molar-refractivity contribution in [2.45, 2.75) is 17.4 Å². The molecule has 0 bridgehead atoms. The highest BCUT2D eigenvalue weighted by Crippen LogP contribution is 2.23. The van der Waals surface area contributed by atoms with Crippen molar-refractivity contribution in [1.29, 1.82) is 0 Å². The van der Waals surface area contributed by atoms with Gasteiger partial charge in [0.1, 0.15) is 10.7 Å². The number of likely N-dealkylation sites (N-methyl/N-ethyl adjacent to an activating group) is 1. The molecule has 0 amide bonds. The minimum absolute atomic E-state index is 0.256. The normalized spacial score (nSPS) is 26.0. The second kappa shape index (κ2) is 9.88.